The topological polar surface area (TPSA) is 62.9 Å². The highest BCUT2D eigenvalue weighted by Crippen LogP contribution is 2.17. The van der Waals surface area contributed by atoms with Gasteiger partial charge in [-0.1, -0.05) is 0 Å². The molecule has 1 aliphatic carbocycles. The maximum Gasteiger partial charge on any atom is 0.188 e. The van der Waals surface area contributed by atoms with E-state index < -0.39 is 0 Å². The Morgan fingerprint density at radius 1 is 1.53 bits per heavy atom. The van der Waals surface area contributed by atoms with Crippen molar-refractivity contribution >= 4 is 5.96 Å². The van der Waals surface area contributed by atoms with Gasteiger partial charge in [-0.2, -0.15) is 0 Å². The number of nitrogens with one attached hydrogen (secondary N) is 1. The standard InChI is InChI=1S/C12H26N4O/c1-4-17-11(7-8-16(2)3)9-14-12(13)15-10-5-6-10/h10-11H,4-9H2,1-3H3,(H3,13,14,15). The molecule has 0 heterocycles. The summed E-state index contributed by atoms with van der Waals surface area (Å²) in [4.78, 5) is 6.50. The number of hydrogen-bond acceptors (Lipinski definition) is 3. The molecule has 0 radical (unpaired) electrons. The minimum absolute atomic E-state index is 0.168. The predicted octanol–water partition coefficient (Wildman–Crippen LogP) is 0.410. The fourth-order valence-electron chi connectivity index (χ4n) is 1.55. The van der Waals surface area contributed by atoms with Gasteiger partial charge in [-0.15, -0.1) is 0 Å². The summed E-state index contributed by atoms with van der Waals surface area (Å²) in [6.45, 7) is 4.39. The van der Waals surface area contributed by atoms with Gasteiger partial charge in [0.1, 0.15) is 0 Å². The molecule has 1 unspecified atom stereocenters. The van der Waals surface area contributed by atoms with E-state index in [-0.39, 0.29) is 6.10 Å². The molecule has 0 aromatic carbocycles. The van der Waals surface area contributed by atoms with Crippen LogP contribution in [0.3, 0.4) is 0 Å². The molecular weight excluding hydrogens is 216 g/mol. The SMILES string of the molecule is CCOC(CCN(C)C)CN=C(N)NC1CC1. The molecule has 0 aromatic rings. The van der Waals surface area contributed by atoms with Crippen molar-refractivity contribution in [2.24, 2.45) is 10.7 Å². The first-order chi connectivity index (χ1) is 8.11. The van der Waals surface area contributed by atoms with Gasteiger partial charge in [0.05, 0.1) is 12.6 Å². The fourth-order valence-corrected chi connectivity index (χ4v) is 1.55. The maximum atomic E-state index is 5.79. The monoisotopic (exact) mass is 242 g/mol. The van der Waals surface area contributed by atoms with Crippen molar-refractivity contribution < 1.29 is 4.74 Å². The van der Waals surface area contributed by atoms with Crippen molar-refractivity contribution in [1.29, 1.82) is 0 Å². The fraction of sp³-hybridized carbons (Fsp3) is 0.917. The van der Waals surface area contributed by atoms with Crippen LogP contribution < -0.4 is 11.1 Å². The highest BCUT2D eigenvalue weighted by molar-refractivity contribution is 5.78. The molecule has 0 amide bonds. The van der Waals surface area contributed by atoms with E-state index in [1.54, 1.807) is 0 Å². The van der Waals surface area contributed by atoms with Crippen molar-refractivity contribution in [3.8, 4) is 0 Å². The largest absolute Gasteiger partial charge is 0.377 e. The lowest BCUT2D eigenvalue weighted by Crippen LogP contribution is -2.34. The van der Waals surface area contributed by atoms with Crippen LogP contribution in [0.5, 0.6) is 0 Å². The van der Waals surface area contributed by atoms with Crippen molar-refractivity contribution in [2.45, 2.75) is 38.3 Å². The van der Waals surface area contributed by atoms with Crippen LogP contribution in [0.1, 0.15) is 26.2 Å². The van der Waals surface area contributed by atoms with Gasteiger partial charge in [-0.25, -0.2) is 0 Å². The van der Waals surface area contributed by atoms with Crippen molar-refractivity contribution in [3.05, 3.63) is 0 Å². The van der Waals surface area contributed by atoms with Crippen LogP contribution in [0, 0.1) is 0 Å². The minimum Gasteiger partial charge on any atom is -0.377 e. The zero-order valence-corrected chi connectivity index (χ0v) is 11.3. The Labute approximate surface area is 104 Å². The van der Waals surface area contributed by atoms with Gasteiger partial charge in [-0.05, 0) is 40.3 Å². The summed E-state index contributed by atoms with van der Waals surface area (Å²) in [5.74, 6) is 0.557. The summed E-state index contributed by atoms with van der Waals surface area (Å²) < 4.78 is 5.65. The third-order valence-corrected chi connectivity index (χ3v) is 2.70. The molecule has 1 saturated carbocycles. The van der Waals surface area contributed by atoms with Gasteiger partial charge in [0, 0.05) is 19.2 Å². The minimum atomic E-state index is 0.168. The van der Waals surface area contributed by atoms with Gasteiger partial charge in [0.2, 0.25) is 0 Å². The van der Waals surface area contributed by atoms with Crippen LogP contribution >= 0.6 is 0 Å². The van der Waals surface area contributed by atoms with Crippen LogP contribution in [0.2, 0.25) is 0 Å². The van der Waals surface area contributed by atoms with Gasteiger partial charge in [-0.3, -0.25) is 4.99 Å². The van der Waals surface area contributed by atoms with Crippen LogP contribution in [-0.4, -0.2) is 56.8 Å². The molecule has 1 rings (SSSR count). The van der Waals surface area contributed by atoms with Crippen LogP contribution in [0.15, 0.2) is 4.99 Å². The van der Waals surface area contributed by atoms with E-state index in [0.29, 0.717) is 18.5 Å². The summed E-state index contributed by atoms with van der Waals surface area (Å²) in [5.41, 5.74) is 5.79. The highest BCUT2D eigenvalue weighted by Gasteiger charge is 2.21. The molecule has 1 fully saturated rings. The van der Waals surface area contributed by atoms with Crippen molar-refractivity contribution in [1.82, 2.24) is 10.2 Å². The van der Waals surface area contributed by atoms with Crippen molar-refractivity contribution in [2.75, 3.05) is 33.8 Å². The summed E-state index contributed by atoms with van der Waals surface area (Å²) >= 11 is 0. The summed E-state index contributed by atoms with van der Waals surface area (Å²) in [7, 11) is 4.13. The van der Waals surface area contributed by atoms with Gasteiger partial charge >= 0.3 is 0 Å². The van der Waals surface area contributed by atoms with E-state index in [4.69, 9.17) is 10.5 Å². The Balaban J connectivity index is 2.25. The molecule has 0 saturated heterocycles. The number of nitrogens with zero attached hydrogens (tertiary/aromatic N) is 2. The number of aliphatic imine (C=N–C) groups is 1. The number of rotatable bonds is 8. The average molecular weight is 242 g/mol. The molecule has 3 N–H and O–H groups in total. The third-order valence-electron chi connectivity index (χ3n) is 2.70. The third kappa shape index (κ3) is 7.18. The zero-order valence-electron chi connectivity index (χ0n) is 11.3. The lowest BCUT2D eigenvalue weighted by atomic mass is 10.2. The molecule has 5 nitrogen and oxygen atoms in total. The number of ether oxygens (including phenoxy) is 1. The lowest BCUT2D eigenvalue weighted by molar-refractivity contribution is 0.0582. The Morgan fingerprint density at radius 2 is 2.24 bits per heavy atom. The van der Waals surface area contributed by atoms with E-state index in [1.165, 1.54) is 12.8 Å². The van der Waals surface area contributed by atoms with E-state index in [9.17, 15) is 0 Å². The van der Waals surface area contributed by atoms with Crippen LogP contribution in [0.25, 0.3) is 0 Å². The van der Waals surface area contributed by atoms with Gasteiger partial charge in [0.15, 0.2) is 5.96 Å². The molecule has 0 aliphatic heterocycles. The predicted molar refractivity (Wildman–Crippen MR) is 71.2 cm³/mol. The average Bonchev–Trinajstić information content (AvgIpc) is 3.06. The summed E-state index contributed by atoms with van der Waals surface area (Å²) in [6.07, 6.45) is 3.58. The molecular formula is C12H26N4O. The number of nitrogens with two attached hydrogens (primary N) is 1. The summed E-state index contributed by atoms with van der Waals surface area (Å²) in [5, 5.41) is 3.18. The molecule has 100 valence electrons. The number of guanidine groups is 1. The lowest BCUT2D eigenvalue weighted by Gasteiger charge is -2.18. The molecule has 0 spiro atoms. The molecule has 0 bridgehead atoms. The smallest absolute Gasteiger partial charge is 0.188 e. The Hall–Kier alpha value is -0.810. The first-order valence-corrected chi connectivity index (χ1v) is 6.44. The Bertz CT molecular complexity index is 239. The second kappa shape index (κ2) is 7.50. The van der Waals surface area contributed by atoms with E-state index in [1.807, 2.05) is 6.92 Å². The van der Waals surface area contributed by atoms with E-state index in [0.717, 1.165) is 19.6 Å². The van der Waals surface area contributed by atoms with Crippen molar-refractivity contribution in [3.63, 3.8) is 0 Å². The normalized spacial score (nSPS) is 18.5. The zero-order chi connectivity index (χ0) is 12.7. The molecule has 5 heteroatoms. The van der Waals surface area contributed by atoms with Crippen LogP contribution in [0.4, 0.5) is 0 Å². The van der Waals surface area contributed by atoms with Crippen LogP contribution in [-0.2, 0) is 4.74 Å². The Morgan fingerprint density at radius 3 is 2.76 bits per heavy atom. The Kier molecular flexibility index (Phi) is 6.29. The molecule has 17 heavy (non-hydrogen) atoms. The van der Waals surface area contributed by atoms with E-state index >= 15 is 0 Å². The maximum absolute atomic E-state index is 5.79. The first kappa shape index (κ1) is 14.3. The highest BCUT2D eigenvalue weighted by atomic mass is 16.5. The molecule has 1 atom stereocenters. The summed E-state index contributed by atoms with van der Waals surface area (Å²) in [6, 6.07) is 0.561. The number of hydrogen-bond donors (Lipinski definition) is 2. The second-order valence-electron chi connectivity index (χ2n) is 4.81. The molecule has 0 aromatic heterocycles. The molecule has 1 aliphatic rings. The quantitative estimate of drug-likeness (QED) is 0.478. The second-order valence-corrected chi connectivity index (χ2v) is 4.81. The first-order valence-electron chi connectivity index (χ1n) is 6.44. The van der Waals surface area contributed by atoms with E-state index in [2.05, 4.69) is 29.3 Å². The van der Waals surface area contributed by atoms with Gasteiger partial charge < -0.3 is 20.7 Å². The van der Waals surface area contributed by atoms with Gasteiger partial charge in [0.25, 0.3) is 0 Å².